The highest BCUT2D eigenvalue weighted by molar-refractivity contribution is 6.49. The van der Waals surface area contributed by atoms with Crippen LogP contribution in [0.2, 0.25) is 0 Å². The molecular formula is C20H18ClN3O2. The molecule has 0 bridgehead atoms. The minimum atomic E-state index is -0.377. The molecule has 1 aromatic heterocycles. The van der Waals surface area contributed by atoms with Crippen LogP contribution >= 0.6 is 11.6 Å². The Labute approximate surface area is 156 Å². The third kappa shape index (κ3) is 2.78. The van der Waals surface area contributed by atoms with Gasteiger partial charge >= 0.3 is 0 Å². The lowest BCUT2D eigenvalue weighted by atomic mass is 9.95. The first-order valence-electron chi connectivity index (χ1n) is 8.57. The van der Waals surface area contributed by atoms with Gasteiger partial charge in [0.05, 0.1) is 5.56 Å². The Hall–Kier alpha value is -2.66. The Morgan fingerprint density at radius 3 is 2.27 bits per heavy atom. The maximum atomic E-state index is 12.9. The number of halogens is 1. The van der Waals surface area contributed by atoms with Crippen molar-refractivity contribution in [3.63, 3.8) is 0 Å². The van der Waals surface area contributed by atoms with E-state index in [1.165, 1.54) is 11.8 Å². The highest BCUT2D eigenvalue weighted by Gasteiger charge is 2.36. The fourth-order valence-electron chi connectivity index (χ4n) is 3.43. The van der Waals surface area contributed by atoms with Gasteiger partial charge < -0.3 is 9.80 Å². The van der Waals surface area contributed by atoms with Crippen molar-refractivity contribution in [3.05, 3.63) is 70.1 Å². The number of nitrogens with zero attached hydrogens (tertiary/aromatic N) is 3. The maximum absolute atomic E-state index is 12.9. The lowest BCUT2D eigenvalue weighted by molar-refractivity contribution is 0.0942. The van der Waals surface area contributed by atoms with Crippen molar-refractivity contribution in [3.8, 4) is 0 Å². The van der Waals surface area contributed by atoms with E-state index >= 15 is 0 Å². The number of piperazine rings is 1. The van der Waals surface area contributed by atoms with Crippen LogP contribution in [-0.2, 0) is 0 Å². The van der Waals surface area contributed by atoms with Gasteiger partial charge in [0, 0.05) is 38.1 Å². The van der Waals surface area contributed by atoms with E-state index in [2.05, 4.69) is 41.1 Å². The monoisotopic (exact) mass is 367 g/mol. The predicted molar refractivity (Wildman–Crippen MR) is 101 cm³/mol. The summed E-state index contributed by atoms with van der Waals surface area (Å²) in [6.45, 7) is 4.85. The predicted octanol–water partition coefficient (Wildman–Crippen LogP) is 3.04. The molecule has 0 spiro atoms. The number of fused-ring (bicyclic) bond motifs is 1. The molecule has 0 N–H and O–H groups in total. The average Bonchev–Trinajstić information content (AvgIpc) is 2.68. The topological polar surface area (TPSA) is 53.5 Å². The van der Waals surface area contributed by atoms with Crippen molar-refractivity contribution >= 4 is 28.9 Å². The molecule has 2 aliphatic rings. The van der Waals surface area contributed by atoms with Gasteiger partial charge in [-0.3, -0.25) is 14.6 Å². The fraction of sp³-hybridized carbons (Fsp3) is 0.250. The summed E-state index contributed by atoms with van der Waals surface area (Å²) in [6, 6.07) is 11.7. The largest absolute Gasteiger partial charge is 0.368 e. The second-order valence-electron chi connectivity index (χ2n) is 6.53. The fourth-order valence-corrected chi connectivity index (χ4v) is 3.73. The van der Waals surface area contributed by atoms with E-state index in [1.54, 1.807) is 12.1 Å². The number of hydrogen-bond acceptors (Lipinski definition) is 5. The third-order valence-electron chi connectivity index (χ3n) is 4.88. The Morgan fingerprint density at radius 1 is 0.923 bits per heavy atom. The number of carbonyl (C=O) groups is 2. The number of rotatable bonds is 2. The summed E-state index contributed by atoms with van der Waals surface area (Å²) in [4.78, 5) is 33.6. The van der Waals surface area contributed by atoms with Gasteiger partial charge in [0.2, 0.25) is 11.6 Å². The molecule has 1 aromatic carbocycles. The zero-order valence-corrected chi connectivity index (χ0v) is 15.2. The van der Waals surface area contributed by atoms with E-state index in [9.17, 15) is 9.59 Å². The van der Waals surface area contributed by atoms with E-state index in [0.717, 1.165) is 18.8 Å². The van der Waals surface area contributed by atoms with E-state index in [1.807, 2.05) is 4.90 Å². The first kappa shape index (κ1) is 16.8. The van der Waals surface area contributed by atoms with E-state index < -0.39 is 0 Å². The summed E-state index contributed by atoms with van der Waals surface area (Å²) in [5.74, 6) is -0.598. The molecule has 1 aliphatic heterocycles. The SMILES string of the molecule is Cc1ccc(N2CCN(C3=C(Cl)C(=O)c4ncccc4C3=O)CC2)cc1. The molecule has 6 heteroatoms. The Kier molecular flexibility index (Phi) is 4.24. The number of pyridine rings is 1. The van der Waals surface area contributed by atoms with Crippen LogP contribution in [0.25, 0.3) is 0 Å². The van der Waals surface area contributed by atoms with Crippen LogP contribution < -0.4 is 4.90 Å². The van der Waals surface area contributed by atoms with Gasteiger partial charge in [-0.05, 0) is 31.2 Å². The van der Waals surface area contributed by atoms with Crippen LogP contribution in [0.3, 0.4) is 0 Å². The van der Waals surface area contributed by atoms with Crippen LogP contribution in [0, 0.1) is 6.92 Å². The number of Topliss-reactive ketones (excluding diaryl/α,β-unsaturated/α-hetero) is 2. The van der Waals surface area contributed by atoms with Gasteiger partial charge in [0.15, 0.2) is 0 Å². The molecule has 26 heavy (non-hydrogen) atoms. The van der Waals surface area contributed by atoms with Gasteiger partial charge in [-0.25, -0.2) is 0 Å². The average molecular weight is 368 g/mol. The molecular weight excluding hydrogens is 350 g/mol. The van der Waals surface area contributed by atoms with E-state index in [-0.39, 0.29) is 22.3 Å². The summed E-state index contributed by atoms with van der Waals surface area (Å²) >= 11 is 6.27. The van der Waals surface area contributed by atoms with Crippen LogP contribution in [0.4, 0.5) is 5.69 Å². The normalized spacial score (nSPS) is 17.6. The lowest BCUT2D eigenvalue weighted by Gasteiger charge is -2.39. The van der Waals surface area contributed by atoms with Gasteiger partial charge in [-0.2, -0.15) is 0 Å². The van der Waals surface area contributed by atoms with Crippen molar-refractivity contribution < 1.29 is 9.59 Å². The standard InChI is InChI=1S/C20H18ClN3O2/c1-13-4-6-14(7-5-13)23-9-11-24(12-10-23)18-16(21)20(26)17-15(19(18)25)3-2-8-22-17/h2-8H,9-12H2,1H3. The number of benzene rings is 1. The molecule has 0 saturated carbocycles. The van der Waals surface area contributed by atoms with Gasteiger partial charge in [0.25, 0.3) is 0 Å². The Morgan fingerprint density at radius 2 is 1.58 bits per heavy atom. The summed E-state index contributed by atoms with van der Waals surface area (Å²) in [5, 5.41) is -0.0232. The molecule has 0 atom stereocenters. The Bertz CT molecular complexity index is 913. The smallest absolute Gasteiger partial charge is 0.225 e. The van der Waals surface area contributed by atoms with Crippen molar-refractivity contribution in [2.24, 2.45) is 0 Å². The van der Waals surface area contributed by atoms with Crippen molar-refractivity contribution in [2.45, 2.75) is 6.92 Å². The quantitative estimate of drug-likeness (QED) is 0.816. The molecule has 1 aliphatic carbocycles. The lowest BCUT2D eigenvalue weighted by Crippen LogP contribution is -2.48. The minimum Gasteiger partial charge on any atom is -0.368 e. The second-order valence-corrected chi connectivity index (χ2v) is 6.91. The van der Waals surface area contributed by atoms with Gasteiger partial charge in [-0.15, -0.1) is 0 Å². The number of anilines is 1. The Balaban J connectivity index is 1.56. The van der Waals surface area contributed by atoms with E-state index in [4.69, 9.17) is 11.6 Å². The summed E-state index contributed by atoms with van der Waals surface area (Å²) in [5.41, 5.74) is 3.17. The summed E-state index contributed by atoms with van der Waals surface area (Å²) in [7, 11) is 0. The van der Waals surface area contributed by atoms with Crippen LogP contribution in [0.1, 0.15) is 26.4 Å². The van der Waals surface area contributed by atoms with Crippen molar-refractivity contribution in [1.82, 2.24) is 9.88 Å². The minimum absolute atomic E-state index is 0.0232. The molecule has 0 radical (unpaired) electrons. The second kappa shape index (κ2) is 6.57. The highest BCUT2D eigenvalue weighted by atomic mass is 35.5. The van der Waals surface area contributed by atoms with Crippen LogP contribution in [-0.4, -0.2) is 47.6 Å². The molecule has 0 amide bonds. The molecule has 1 saturated heterocycles. The molecule has 5 nitrogen and oxygen atoms in total. The molecule has 2 aromatic rings. The summed E-state index contributed by atoms with van der Waals surface area (Å²) in [6.07, 6.45) is 1.50. The number of carbonyl (C=O) groups excluding carboxylic acids is 2. The number of aryl methyl sites for hydroxylation is 1. The first-order valence-corrected chi connectivity index (χ1v) is 8.95. The highest BCUT2D eigenvalue weighted by Crippen LogP contribution is 2.30. The first-order chi connectivity index (χ1) is 12.6. The zero-order valence-electron chi connectivity index (χ0n) is 14.4. The molecule has 2 heterocycles. The number of aromatic nitrogens is 1. The number of ketones is 2. The molecule has 0 unspecified atom stereocenters. The number of hydrogen-bond donors (Lipinski definition) is 0. The number of allylic oxidation sites excluding steroid dienone is 2. The summed E-state index contributed by atoms with van der Waals surface area (Å²) < 4.78 is 0. The molecule has 4 rings (SSSR count). The van der Waals surface area contributed by atoms with Crippen LogP contribution in [0.5, 0.6) is 0 Å². The van der Waals surface area contributed by atoms with Crippen LogP contribution in [0.15, 0.2) is 53.3 Å². The van der Waals surface area contributed by atoms with Crippen molar-refractivity contribution in [2.75, 3.05) is 31.1 Å². The van der Waals surface area contributed by atoms with Gasteiger partial charge in [0.1, 0.15) is 16.4 Å². The van der Waals surface area contributed by atoms with E-state index in [0.29, 0.717) is 24.4 Å². The van der Waals surface area contributed by atoms with Crippen molar-refractivity contribution in [1.29, 1.82) is 0 Å². The van der Waals surface area contributed by atoms with Gasteiger partial charge in [-0.1, -0.05) is 29.3 Å². The third-order valence-corrected chi connectivity index (χ3v) is 5.24. The molecule has 1 fully saturated rings. The molecule has 132 valence electrons. The zero-order chi connectivity index (χ0) is 18.3. The maximum Gasteiger partial charge on any atom is 0.225 e.